The molecule has 1 aromatic carbocycles. The summed E-state index contributed by atoms with van der Waals surface area (Å²) in [5.74, 6) is 1.77. The number of nitrogens with zero attached hydrogens (tertiary/aromatic N) is 2. The Hall–Kier alpha value is -1.99. The Bertz CT molecular complexity index is 502. The highest BCUT2D eigenvalue weighted by Gasteiger charge is 2.09. The van der Waals surface area contributed by atoms with Crippen molar-refractivity contribution in [3.63, 3.8) is 0 Å². The third kappa shape index (κ3) is 4.78. The summed E-state index contributed by atoms with van der Waals surface area (Å²) in [6.45, 7) is 5.00. The van der Waals surface area contributed by atoms with Gasteiger partial charge in [0.15, 0.2) is 5.96 Å². The van der Waals surface area contributed by atoms with E-state index in [2.05, 4.69) is 15.2 Å². The summed E-state index contributed by atoms with van der Waals surface area (Å²) in [5, 5.41) is 3.05. The molecule has 22 heavy (non-hydrogen) atoms. The quantitative estimate of drug-likeness (QED) is 0.596. The fourth-order valence-corrected chi connectivity index (χ4v) is 2.23. The Balaban J connectivity index is 1.89. The van der Waals surface area contributed by atoms with Gasteiger partial charge in [-0.1, -0.05) is 0 Å². The molecule has 0 aromatic heterocycles. The van der Waals surface area contributed by atoms with E-state index in [4.69, 9.17) is 19.9 Å². The molecule has 1 aliphatic rings. The lowest BCUT2D eigenvalue weighted by atomic mass is 10.2. The predicted molar refractivity (Wildman–Crippen MR) is 86.9 cm³/mol. The normalized spacial score (nSPS) is 16.4. The summed E-state index contributed by atoms with van der Waals surface area (Å²) in [7, 11) is 3.23. The van der Waals surface area contributed by atoms with Gasteiger partial charge >= 0.3 is 0 Å². The van der Waals surface area contributed by atoms with Gasteiger partial charge in [0.25, 0.3) is 0 Å². The molecule has 7 nitrogen and oxygen atoms in total. The second kappa shape index (κ2) is 8.45. The third-order valence-electron chi connectivity index (χ3n) is 3.47. The van der Waals surface area contributed by atoms with E-state index in [1.165, 1.54) is 0 Å². The molecule has 2 rings (SSSR count). The van der Waals surface area contributed by atoms with Gasteiger partial charge in [-0.2, -0.15) is 0 Å². The maximum absolute atomic E-state index is 5.94. The van der Waals surface area contributed by atoms with E-state index in [1.54, 1.807) is 14.2 Å². The summed E-state index contributed by atoms with van der Waals surface area (Å²) in [6, 6.07) is 5.47. The van der Waals surface area contributed by atoms with Crippen LogP contribution in [0.25, 0.3) is 0 Å². The summed E-state index contributed by atoms with van der Waals surface area (Å²) >= 11 is 0. The largest absolute Gasteiger partial charge is 0.497 e. The van der Waals surface area contributed by atoms with E-state index in [0.29, 0.717) is 18.3 Å². The van der Waals surface area contributed by atoms with E-state index in [9.17, 15) is 0 Å². The average molecular weight is 308 g/mol. The minimum absolute atomic E-state index is 0.361. The number of hydrogen-bond donors (Lipinski definition) is 2. The first kappa shape index (κ1) is 16.4. The zero-order valence-electron chi connectivity index (χ0n) is 13.2. The first-order valence-electron chi connectivity index (χ1n) is 7.32. The maximum atomic E-state index is 5.94. The summed E-state index contributed by atoms with van der Waals surface area (Å²) in [4.78, 5) is 6.66. The molecule has 1 heterocycles. The first-order valence-corrected chi connectivity index (χ1v) is 7.32. The van der Waals surface area contributed by atoms with Crippen molar-refractivity contribution in [2.24, 2.45) is 10.7 Å². The van der Waals surface area contributed by atoms with Crippen LogP contribution in [0, 0.1) is 0 Å². The minimum Gasteiger partial charge on any atom is -0.497 e. The van der Waals surface area contributed by atoms with Crippen molar-refractivity contribution < 1.29 is 14.2 Å². The lowest BCUT2D eigenvalue weighted by Gasteiger charge is -2.25. The Labute approximate surface area is 131 Å². The molecule has 0 atom stereocenters. The van der Waals surface area contributed by atoms with Crippen LogP contribution in [0.3, 0.4) is 0 Å². The number of benzene rings is 1. The van der Waals surface area contributed by atoms with Crippen LogP contribution in [-0.2, 0) is 4.74 Å². The van der Waals surface area contributed by atoms with Crippen molar-refractivity contribution in [1.29, 1.82) is 0 Å². The second-order valence-electron chi connectivity index (χ2n) is 4.91. The molecule has 1 saturated heterocycles. The van der Waals surface area contributed by atoms with Crippen molar-refractivity contribution in [2.75, 3.05) is 58.9 Å². The van der Waals surface area contributed by atoms with E-state index < -0.39 is 0 Å². The standard InChI is InChI=1S/C15H24N4O3/c1-20-12-3-4-14(21-2)13(11-12)18-15(16)17-5-6-19-7-9-22-10-8-19/h3-4,11H,5-10H2,1-2H3,(H3,16,17,18). The number of nitrogens with two attached hydrogens (primary N) is 1. The third-order valence-corrected chi connectivity index (χ3v) is 3.47. The lowest BCUT2D eigenvalue weighted by Crippen LogP contribution is -2.38. The number of aliphatic imine (C=N–C) groups is 1. The number of methoxy groups -OCH3 is 2. The highest BCUT2D eigenvalue weighted by Crippen LogP contribution is 2.28. The molecule has 1 aliphatic heterocycles. The molecule has 0 aliphatic carbocycles. The molecule has 3 N–H and O–H groups in total. The van der Waals surface area contributed by atoms with Gasteiger partial charge in [-0.3, -0.25) is 9.89 Å². The van der Waals surface area contributed by atoms with Crippen LogP contribution < -0.4 is 20.5 Å². The van der Waals surface area contributed by atoms with Crippen LogP contribution in [0.5, 0.6) is 11.5 Å². The van der Waals surface area contributed by atoms with Crippen molar-refractivity contribution >= 4 is 11.6 Å². The zero-order valence-corrected chi connectivity index (χ0v) is 13.2. The summed E-state index contributed by atoms with van der Waals surface area (Å²) in [6.07, 6.45) is 0. The number of guanidine groups is 1. The van der Waals surface area contributed by atoms with Crippen LogP contribution in [-0.4, -0.2) is 64.5 Å². The van der Waals surface area contributed by atoms with Gasteiger partial charge in [-0.05, 0) is 12.1 Å². The Morgan fingerprint density at radius 3 is 2.77 bits per heavy atom. The monoisotopic (exact) mass is 308 g/mol. The molecule has 0 amide bonds. The van der Waals surface area contributed by atoms with Crippen molar-refractivity contribution in [1.82, 2.24) is 4.90 Å². The highest BCUT2D eigenvalue weighted by atomic mass is 16.5. The van der Waals surface area contributed by atoms with Gasteiger partial charge in [0.2, 0.25) is 0 Å². The fourth-order valence-electron chi connectivity index (χ4n) is 2.23. The van der Waals surface area contributed by atoms with Crippen molar-refractivity contribution in [3.8, 4) is 11.5 Å². The van der Waals surface area contributed by atoms with Gasteiger partial charge in [-0.15, -0.1) is 0 Å². The maximum Gasteiger partial charge on any atom is 0.193 e. The molecule has 0 spiro atoms. The number of rotatable bonds is 6. The van der Waals surface area contributed by atoms with E-state index in [1.807, 2.05) is 18.2 Å². The number of ether oxygens (including phenoxy) is 3. The van der Waals surface area contributed by atoms with Crippen LogP contribution in [0.4, 0.5) is 5.69 Å². The van der Waals surface area contributed by atoms with Gasteiger partial charge in [0.1, 0.15) is 11.5 Å². The van der Waals surface area contributed by atoms with Gasteiger partial charge in [0, 0.05) is 25.7 Å². The zero-order chi connectivity index (χ0) is 15.8. The SMILES string of the molecule is COc1ccc(OC)c(NC(N)=NCCN2CCOCC2)c1. The van der Waals surface area contributed by atoms with Gasteiger partial charge < -0.3 is 25.3 Å². The van der Waals surface area contributed by atoms with Crippen molar-refractivity contribution in [3.05, 3.63) is 18.2 Å². The second-order valence-corrected chi connectivity index (χ2v) is 4.91. The predicted octanol–water partition coefficient (Wildman–Crippen LogP) is 0.763. The van der Waals surface area contributed by atoms with Crippen molar-refractivity contribution in [2.45, 2.75) is 0 Å². The van der Waals surface area contributed by atoms with Gasteiger partial charge in [-0.25, -0.2) is 0 Å². The Morgan fingerprint density at radius 2 is 2.09 bits per heavy atom. The molecule has 1 aromatic rings. The molecule has 0 saturated carbocycles. The molecule has 7 heteroatoms. The topological polar surface area (TPSA) is 81.3 Å². The highest BCUT2D eigenvalue weighted by molar-refractivity contribution is 5.94. The molecule has 122 valence electrons. The first-order chi connectivity index (χ1) is 10.7. The molecule has 0 bridgehead atoms. The number of morpholine rings is 1. The Kier molecular flexibility index (Phi) is 6.29. The van der Waals surface area contributed by atoms with E-state index >= 15 is 0 Å². The van der Waals surface area contributed by atoms with E-state index in [-0.39, 0.29) is 0 Å². The van der Waals surface area contributed by atoms with Crippen LogP contribution in [0.2, 0.25) is 0 Å². The van der Waals surface area contributed by atoms with Crippen LogP contribution in [0.1, 0.15) is 0 Å². The van der Waals surface area contributed by atoms with E-state index in [0.717, 1.165) is 44.3 Å². The smallest absolute Gasteiger partial charge is 0.193 e. The minimum atomic E-state index is 0.361. The summed E-state index contributed by atoms with van der Waals surface area (Å²) < 4.78 is 15.8. The van der Waals surface area contributed by atoms with Crippen LogP contribution >= 0.6 is 0 Å². The lowest BCUT2D eigenvalue weighted by molar-refractivity contribution is 0.0394. The number of hydrogen-bond acceptors (Lipinski definition) is 5. The molecule has 0 unspecified atom stereocenters. The van der Waals surface area contributed by atoms with Crippen LogP contribution in [0.15, 0.2) is 23.2 Å². The summed E-state index contributed by atoms with van der Waals surface area (Å²) in [5.41, 5.74) is 6.67. The fraction of sp³-hybridized carbons (Fsp3) is 0.533. The number of anilines is 1. The number of nitrogens with one attached hydrogen (secondary N) is 1. The average Bonchev–Trinajstić information content (AvgIpc) is 2.55. The van der Waals surface area contributed by atoms with Gasteiger partial charge in [0.05, 0.1) is 39.7 Å². The molecular formula is C15H24N4O3. The molecular weight excluding hydrogens is 284 g/mol. The Morgan fingerprint density at radius 1 is 1.32 bits per heavy atom. The molecule has 0 radical (unpaired) electrons. The molecule has 1 fully saturated rings.